The Kier molecular flexibility index (Phi) is 4.33. The van der Waals surface area contributed by atoms with Gasteiger partial charge in [0.2, 0.25) is 5.91 Å². The third-order valence-corrected chi connectivity index (χ3v) is 4.40. The topological polar surface area (TPSA) is 89.3 Å². The Balaban J connectivity index is 2.31. The van der Waals surface area contributed by atoms with Crippen LogP contribution in [0.15, 0.2) is 0 Å². The Labute approximate surface area is 95.7 Å². The number of amides is 1. The van der Waals surface area contributed by atoms with Crippen molar-refractivity contribution in [1.82, 2.24) is 5.32 Å². The van der Waals surface area contributed by atoms with E-state index in [9.17, 15) is 13.2 Å². The molecule has 90 valence electrons. The highest BCUT2D eigenvalue weighted by Crippen LogP contribution is 2.17. The lowest BCUT2D eigenvalue weighted by Crippen LogP contribution is -2.42. The molecule has 1 aliphatic heterocycles. The van der Waals surface area contributed by atoms with Crippen LogP contribution in [0.25, 0.3) is 0 Å². The number of hydrogen-bond acceptors (Lipinski definition) is 4. The summed E-state index contributed by atoms with van der Waals surface area (Å²) in [4.78, 5) is 11.4. The molecule has 1 saturated heterocycles. The smallest absolute Gasteiger partial charge is 0.237 e. The van der Waals surface area contributed by atoms with Crippen LogP contribution in [-0.4, -0.2) is 38.4 Å². The Morgan fingerprint density at radius 1 is 1.62 bits per heavy atom. The number of terminal acetylenes is 1. The van der Waals surface area contributed by atoms with Crippen LogP contribution in [0.3, 0.4) is 0 Å². The van der Waals surface area contributed by atoms with Crippen LogP contribution in [0.1, 0.15) is 12.8 Å². The van der Waals surface area contributed by atoms with E-state index in [1.807, 2.05) is 0 Å². The van der Waals surface area contributed by atoms with Crippen LogP contribution in [-0.2, 0) is 14.6 Å². The maximum atomic E-state index is 11.4. The Hall–Kier alpha value is -1.06. The molecule has 0 saturated carbocycles. The van der Waals surface area contributed by atoms with Gasteiger partial charge in [0.25, 0.3) is 0 Å². The summed E-state index contributed by atoms with van der Waals surface area (Å²) in [6, 6.07) is -0.706. The molecule has 0 aliphatic carbocycles. The van der Waals surface area contributed by atoms with Gasteiger partial charge in [-0.3, -0.25) is 4.79 Å². The molecule has 1 heterocycles. The molecule has 5 nitrogen and oxygen atoms in total. The number of rotatable bonds is 4. The molecular weight excluding hydrogens is 228 g/mol. The van der Waals surface area contributed by atoms with E-state index in [-0.39, 0.29) is 29.8 Å². The first-order chi connectivity index (χ1) is 7.44. The SMILES string of the molecule is C#CCC(N)C(=O)NCC1CCS(=O)(=O)C1. The van der Waals surface area contributed by atoms with Crippen molar-refractivity contribution in [3.63, 3.8) is 0 Å². The maximum absolute atomic E-state index is 11.4. The lowest BCUT2D eigenvalue weighted by molar-refractivity contribution is -0.122. The zero-order valence-corrected chi connectivity index (χ0v) is 9.79. The normalized spacial score (nSPS) is 24.6. The molecule has 1 fully saturated rings. The van der Waals surface area contributed by atoms with Gasteiger partial charge < -0.3 is 11.1 Å². The second-order valence-corrected chi connectivity index (χ2v) is 6.26. The minimum Gasteiger partial charge on any atom is -0.354 e. The molecule has 3 N–H and O–H groups in total. The predicted octanol–water partition coefficient (Wildman–Crippen LogP) is -1.11. The summed E-state index contributed by atoms with van der Waals surface area (Å²) in [7, 11) is -2.89. The van der Waals surface area contributed by atoms with Crippen molar-refractivity contribution in [3.05, 3.63) is 0 Å². The molecule has 0 aromatic rings. The average Bonchev–Trinajstić information content (AvgIpc) is 2.55. The van der Waals surface area contributed by atoms with Crippen molar-refractivity contribution in [3.8, 4) is 12.3 Å². The molecule has 0 aromatic heterocycles. The van der Waals surface area contributed by atoms with Crippen molar-refractivity contribution in [2.45, 2.75) is 18.9 Å². The van der Waals surface area contributed by atoms with Gasteiger partial charge in [-0.15, -0.1) is 12.3 Å². The lowest BCUT2D eigenvalue weighted by atomic mass is 10.1. The van der Waals surface area contributed by atoms with Gasteiger partial charge >= 0.3 is 0 Å². The molecule has 0 spiro atoms. The lowest BCUT2D eigenvalue weighted by Gasteiger charge is -2.12. The molecule has 6 heteroatoms. The average molecular weight is 244 g/mol. The van der Waals surface area contributed by atoms with Crippen LogP contribution in [0.5, 0.6) is 0 Å². The van der Waals surface area contributed by atoms with E-state index in [2.05, 4.69) is 11.2 Å². The number of carbonyl (C=O) groups is 1. The highest BCUT2D eigenvalue weighted by Gasteiger charge is 2.28. The molecule has 0 radical (unpaired) electrons. The van der Waals surface area contributed by atoms with Crippen molar-refractivity contribution in [2.24, 2.45) is 11.7 Å². The number of nitrogens with two attached hydrogens (primary N) is 1. The van der Waals surface area contributed by atoms with Crippen molar-refractivity contribution < 1.29 is 13.2 Å². The van der Waals surface area contributed by atoms with Crippen molar-refractivity contribution in [1.29, 1.82) is 0 Å². The van der Waals surface area contributed by atoms with Crippen molar-refractivity contribution in [2.75, 3.05) is 18.1 Å². The van der Waals surface area contributed by atoms with E-state index in [1.165, 1.54) is 0 Å². The number of hydrogen-bond donors (Lipinski definition) is 2. The van der Waals surface area contributed by atoms with Crippen LogP contribution < -0.4 is 11.1 Å². The molecule has 1 amide bonds. The van der Waals surface area contributed by atoms with Gasteiger partial charge in [-0.05, 0) is 12.3 Å². The fourth-order valence-corrected chi connectivity index (χ4v) is 3.49. The van der Waals surface area contributed by atoms with Crippen LogP contribution in [0, 0.1) is 18.3 Å². The number of carbonyl (C=O) groups excluding carboxylic acids is 1. The zero-order chi connectivity index (χ0) is 12.2. The van der Waals surface area contributed by atoms with Gasteiger partial charge in [-0.1, -0.05) is 0 Å². The summed E-state index contributed by atoms with van der Waals surface area (Å²) in [5, 5.41) is 2.62. The summed E-state index contributed by atoms with van der Waals surface area (Å²) in [6.07, 6.45) is 5.83. The van der Waals surface area contributed by atoms with Gasteiger partial charge in [0, 0.05) is 13.0 Å². The first kappa shape index (κ1) is 13.0. The summed E-state index contributed by atoms with van der Waals surface area (Å²) in [6.45, 7) is 0.357. The molecule has 0 bridgehead atoms. The second kappa shape index (κ2) is 5.32. The highest BCUT2D eigenvalue weighted by atomic mass is 32.2. The summed E-state index contributed by atoms with van der Waals surface area (Å²) >= 11 is 0. The Morgan fingerprint density at radius 3 is 2.81 bits per heavy atom. The minimum absolute atomic E-state index is 0.00647. The summed E-state index contributed by atoms with van der Waals surface area (Å²) < 4.78 is 22.3. The van der Waals surface area contributed by atoms with Gasteiger partial charge in [0.05, 0.1) is 17.5 Å². The first-order valence-electron chi connectivity index (χ1n) is 5.12. The van der Waals surface area contributed by atoms with Crippen molar-refractivity contribution >= 4 is 15.7 Å². The minimum atomic E-state index is -2.89. The first-order valence-corrected chi connectivity index (χ1v) is 6.94. The van der Waals surface area contributed by atoms with E-state index in [4.69, 9.17) is 12.2 Å². The quantitative estimate of drug-likeness (QED) is 0.614. The molecule has 2 atom stereocenters. The van der Waals surface area contributed by atoms with E-state index >= 15 is 0 Å². The Morgan fingerprint density at radius 2 is 2.31 bits per heavy atom. The fraction of sp³-hybridized carbons (Fsp3) is 0.700. The van der Waals surface area contributed by atoms with Crippen LogP contribution in [0.4, 0.5) is 0 Å². The van der Waals surface area contributed by atoms with Gasteiger partial charge in [0.1, 0.15) is 0 Å². The van der Waals surface area contributed by atoms with Gasteiger partial charge in [-0.25, -0.2) is 8.42 Å². The standard InChI is InChI=1S/C10H16N2O3S/c1-2-3-9(11)10(13)12-6-8-4-5-16(14,15)7-8/h1,8-9H,3-7,11H2,(H,12,13). The molecular formula is C10H16N2O3S. The number of nitrogens with one attached hydrogen (secondary N) is 1. The van der Waals surface area contributed by atoms with E-state index < -0.39 is 15.9 Å². The maximum Gasteiger partial charge on any atom is 0.237 e. The van der Waals surface area contributed by atoms with E-state index in [1.54, 1.807) is 0 Å². The van der Waals surface area contributed by atoms with Crippen LogP contribution in [0.2, 0.25) is 0 Å². The third-order valence-electron chi connectivity index (χ3n) is 2.57. The number of sulfone groups is 1. The summed E-state index contributed by atoms with van der Waals surface area (Å²) in [5.74, 6) is 2.36. The molecule has 1 rings (SSSR count). The van der Waals surface area contributed by atoms with Crippen LogP contribution >= 0.6 is 0 Å². The van der Waals surface area contributed by atoms with Gasteiger partial charge in [-0.2, -0.15) is 0 Å². The highest BCUT2D eigenvalue weighted by molar-refractivity contribution is 7.91. The largest absolute Gasteiger partial charge is 0.354 e. The molecule has 2 unspecified atom stereocenters. The Bertz CT molecular complexity index is 397. The molecule has 16 heavy (non-hydrogen) atoms. The fourth-order valence-electron chi connectivity index (χ4n) is 1.63. The molecule has 0 aromatic carbocycles. The predicted molar refractivity (Wildman–Crippen MR) is 61.2 cm³/mol. The van der Waals surface area contributed by atoms with E-state index in [0.717, 1.165) is 0 Å². The van der Waals surface area contributed by atoms with E-state index in [0.29, 0.717) is 13.0 Å². The zero-order valence-electron chi connectivity index (χ0n) is 8.98. The van der Waals surface area contributed by atoms with Gasteiger partial charge in [0.15, 0.2) is 9.84 Å². The third kappa shape index (κ3) is 3.83. The summed E-state index contributed by atoms with van der Waals surface area (Å²) in [5.41, 5.74) is 5.49. The molecule has 1 aliphatic rings. The second-order valence-electron chi connectivity index (χ2n) is 4.03. The monoisotopic (exact) mass is 244 g/mol.